The second-order valence-corrected chi connectivity index (χ2v) is 7.82. The third-order valence-corrected chi connectivity index (χ3v) is 6.47. The Hall–Kier alpha value is -0.983. The lowest BCUT2D eigenvalue weighted by Gasteiger charge is -2.28. The van der Waals surface area contributed by atoms with Crippen molar-refractivity contribution in [2.24, 2.45) is 0 Å². The van der Waals surface area contributed by atoms with Gasteiger partial charge in [0.2, 0.25) is 0 Å². The summed E-state index contributed by atoms with van der Waals surface area (Å²) in [6.45, 7) is 12.8. The lowest BCUT2D eigenvalue weighted by molar-refractivity contribution is 0.0647. The van der Waals surface area contributed by atoms with Gasteiger partial charge in [-0.1, -0.05) is 30.9 Å². The first-order chi connectivity index (χ1) is 11.2. The normalized spacial score (nSPS) is 11.6. The Labute approximate surface area is 141 Å². The fraction of sp³-hybridized carbons (Fsp3) is 0.556. The summed E-state index contributed by atoms with van der Waals surface area (Å²) < 4.78 is 23.3. The predicted octanol–water partition coefficient (Wildman–Crippen LogP) is 4.28. The molecule has 0 radical (unpaired) electrons. The van der Waals surface area contributed by atoms with E-state index in [1.807, 2.05) is 39.0 Å². The van der Waals surface area contributed by atoms with E-state index in [1.54, 1.807) is 0 Å². The Kier molecular flexibility index (Phi) is 10.1. The predicted molar refractivity (Wildman–Crippen MR) is 96.2 cm³/mol. The Morgan fingerprint density at radius 2 is 1.70 bits per heavy atom. The van der Waals surface area contributed by atoms with E-state index < -0.39 is 8.80 Å². The van der Waals surface area contributed by atoms with Crippen molar-refractivity contribution in [2.45, 2.75) is 39.8 Å². The first-order valence-electron chi connectivity index (χ1n) is 8.40. The summed E-state index contributed by atoms with van der Waals surface area (Å²) in [6, 6.07) is 8.99. The summed E-state index contributed by atoms with van der Waals surface area (Å²) >= 11 is 0. The van der Waals surface area contributed by atoms with E-state index >= 15 is 0 Å². The third-order valence-electron chi connectivity index (χ3n) is 3.32. The molecule has 0 aliphatic heterocycles. The molecule has 0 spiro atoms. The van der Waals surface area contributed by atoms with Crippen molar-refractivity contribution in [1.82, 2.24) is 0 Å². The van der Waals surface area contributed by atoms with E-state index in [9.17, 15) is 0 Å². The fourth-order valence-corrected chi connectivity index (χ4v) is 4.97. The van der Waals surface area contributed by atoms with Crippen molar-refractivity contribution >= 4 is 14.9 Å². The summed E-state index contributed by atoms with van der Waals surface area (Å²) in [4.78, 5) is 0. The maximum atomic E-state index is 5.83. The molecule has 4 nitrogen and oxygen atoms in total. The van der Waals surface area contributed by atoms with E-state index in [4.69, 9.17) is 18.0 Å². The quantitative estimate of drug-likeness (QED) is 0.397. The highest BCUT2D eigenvalue weighted by molar-refractivity contribution is 6.60. The van der Waals surface area contributed by atoms with Crippen molar-refractivity contribution in [3.8, 4) is 0 Å². The largest absolute Gasteiger partial charge is 0.501 e. The molecule has 0 fully saturated rings. The summed E-state index contributed by atoms with van der Waals surface area (Å²) in [5.41, 5.74) is 2.27. The number of hydrogen-bond donors (Lipinski definition) is 0. The van der Waals surface area contributed by atoms with Gasteiger partial charge in [0, 0.05) is 32.5 Å². The lowest BCUT2D eigenvalue weighted by atomic mass is 10.1. The van der Waals surface area contributed by atoms with Crippen LogP contribution in [-0.2, 0) is 24.6 Å². The van der Waals surface area contributed by atoms with Gasteiger partial charge in [0.1, 0.15) is 0 Å². The van der Waals surface area contributed by atoms with Crippen LogP contribution < -0.4 is 0 Å². The molecule has 0 saturated carbocycles. The molecule has 23 heavy (non-hydrogen) atoms. The molecule has 1 aromatic carbocycles. The Morgan fingerprint density at radius 3 is 2.26 bits per heavy atom. The maximum Gasteiger partial charge on any atom is 0.501 e. The van der Waals surface area contributed by atoms with Crippen LogP contribution in [0.15, 0.2) is 30.8 Å². The van der Waals surface area contributed by atoms with Crippen LogP contribution in [-0.4, -0.2) is 35.2 Å². The number of ether oxygens (including phenoxy) is 1. The molecule has 1 aromatic rings. The first-order valence-corrected chi connectivity index (χ1v) is 10.3. The van der Waals surface area contributed by atoms with Crippen molar-refractivity contribution in [3.05, 3.63) is 42.0 Å². The molecule has 130 valence electrons. The van der Waals surface area contributed by atoms with Gasteiger partial charge in [0.05, 0.1) is 6.61 Å². The van der Waals surface area contributed by atoms with E-state index in [0.717, 1.165) is 23.6 Å². The van der Waals surface area contributed by atoms with E-state index in [0.29, 0.717) is 33.0 Å². The molecule has 0 heterocycles. The van der Waals surface area contributed by atoms with Crippen molar-refractivity contribution < 1.29 is 18.0 Å². The van der Waals surface area contributed by atoms with Gasteiger partial charge in [-0.25, -0.2) is 0 Å². The SMILES string of the molecule is C=Cc1cccc(COCCC[Si](OCC)(OCC)OCC)c1. The minimum absolute atomic E-state index is 0.605. The molecule has 1 rings (SSSR count). The molecule has 0 aliphatic carbocycles. The highest BCUT2D eigenvalue weighted by Crippen LogP contribution is 2.18. The summed E-state index contributed by atoms with van der Waals surface area (Å²) in [6.07, 6.45) is 2.71. The molecular weight excluding hydrogens is 308 g/mol. The molecule has 0 bridgehead atoms. The maximum absolute atomic E-state index is 5.83. The number of hydrogen-bond acceptors (Lipinski definition) is 4. The van der Waals surface area contributed by atoms with Crippen molar-refractivity contribution in [1.29, 1.82) is 0 Å². The minimum Gasteiger partial charge on any atom is -0.377 e. The summed E-state index contributed by atoms with van der Waals surface area (Å²) in [7, 11) is -2.53. The van der Waals surface area contributed by atoms with Crippen molar-refractivity contribution in [3.63, 3.8) is 0 Å². The van der Waals surface area contributed by atoms with Gasteiger partial charge in [0.25, 0.3) is 0 Å². The van der Waals surface area contributed by atoms with Gasteiger partial charge in [-0.15, -0.1) is 0 Å². The fourth-order valence-electron chi connectivity index (χ4n) is 2.39. The number of rotatable bonds is 13. The molecule has 0 saturated heterocycles. The average Bonchev–Trinajstić information content (AvgIpc) is 2.55. The Balaban J connectivity index is 2.39. The third kappa shape index (κ3) is 7.41. The van der Waals surface area contributed by atoms with Crippen LogP contribution in [0.2, 0.25) is 6.04 Å². The van der Waals surface area contributed by atoms with Crippen LogP contribution in [0.4, 0.5) is 0 Å². The Morgan fingerprint density at radius 1 is 1.04 bits per heavy atom. The van der Waals surface area contributed by atoms with E-state index in [-0.39, 0.29) is 0 Å². The van der Waals surface area contributed by atoms with Gasteiger partial charge in [-0.2, -0.15) is 0 Å². The van der Waals surface area contributed by atoms with Crippen LogP contribution in [0.3, 0.4) is 0 Å². The van der Waals surface area contributed by atoms with Gasteiger partial charge in [-0.3, -0.25) is 0 Å². The lowest BCUT2D eigenvalue weighted by Crippen LogP contribution is -2.46. The van der Waals surface area contributed by atoms with Crippen LogP contribution in [0.5, 0.6) is 0 Å². The zero-order valence-electron chi connectivity index (χ0n) is 14.7. The van der Waals surface area contributed by atoms with Crippen LogP contribution in [0.25, 0.3) is 6.08 Å². The summed E-state index contributed by atoms with van der Waals surface area (Å²) in [5.74, 6) is 0. The molecule has 0 N–H and O–H groups in total. The van der Waals surface area contributed by atoms with Gasteiger partial charge < -0.3 is 18.0 Å². The molecule has 0 aromatic heterocycles. The highest BCUT2D eigenvalue weighted by Gasteiger charge is 2.39. The van der Waals surface area contributed by atoms with Gasteiger partial charge >= 0.3 is 8.80 Å². The molecule has 0 unspecified atom stereocenters. The molecular formula is C18H30O4Si. The van der Waals surface area contributed by atoms with Crippen LogP contribution >= 0.6 is 0 Å². The first kappa shape index (κ1) is 20.1. The summed E-state index contributed by atoms with van der Waals surface area (Å²) in [5, 5.41) is 0. The number of benzene rings is 1. The molecule has 5 heteroatoms. The zero-order valence-corrected chi connectivity index (χ0v) is 15.7. The van der Waals surface area contributed by atoms with E-state index in [2.05, 4.69) is 18.7 Å². The Bertz CT molecular complexity index is 433. The van der Waals surface area contributed by atoms with Gasteiger partial charge in [0.15, 0.2) is 0 Å². The topological polar surface area (TPSA) is 36.9 Å². The van der Waals surface area contributed by atoms with Crippen LogP contribution in [0, 0.1) is 0 Å². The second-order valence-electron chi connectivity index (χ2n) is 5.09. The van der Waals surface area contributed by atoms with Gasteiger partial charge in [-0.05, 0) is 44.4 Å². The zero-order chi connectivity index (χ0) is 17.0. The average molecular weight is 339 g/mol. The van der Waals surface area contributed by atoms with E-state index in [1.165, 1.54) is 0 Å². The minimum atomic E-state index is -2.53. The van der Waals surface area contributed by atoms with Crippen molar-refractivity contribution in [2.75, 3.05) is 26.4 Å². The molecule has 0 amide bonds. The standard InChI is InChI=1S/C18H30O4Si/c1-5-17-11-9-12-18(15-17)16-19-13-10-14-23(20-6-2,21-7-3)22-8-4/h5,9,11-12,15H,1,6-8,10,13-14,16H2,2-4H3. The molecule has 0 aliphatic rings. The monoisotopic (exact) mass is 338 g/mol. The second kappa shape index (κ2) is 11.5. The highest BCUT2D eigenvalue weighted by atomic mass is 28.4. The van der Waals surface area contributed by atoms with Crippen LogP contribution in [0.1, 0.15) is 38.3 Å². The smallest absolute Gasteiger partial charge is 0.377 e. The molecule has 0 atom stereocenters.